The molecule has 14 heavy (non-hydrogen) atoms. The zero-order valence-electron chi connectivity index (χ0n) is 8.00. The molecule has 0 aliphatic rings. The van der Waals surface area contributed by atoms with Crippen LogP contribution >= 0.6 is 0 Å². The second-order valence-corrected chi connectivity index (χ2v) is 2.71. The highest BCUT2D eigenvalue weighted by atomic mass is 16.5. The Hall–Kier alpha value is -2.02. The Labute approximate surface area is 82.1 Å². The molecule has 0 spiro atoms. The average molecular weight is 190 g/mol. The number of methoxy groups -OCH3 is 1. The lowest BCUT2D eigenvalue weighted by Crippen LogP contribution is -1.98. The molecule has 0 aliphatic carbocycles. The first-order valence-corrected chi connectivity index (χ1v) is 4.03. The number of benzene rings is 1. The summed E-state index contributed by atoms with van der Waals surface area (Å²) in [6.45, 7) is 1.47. The number of hydrogen-bond donors (Lipinski definition) is 1. The van der Waals surface area contributed by atoms with Gasteiger partial charge in [-0.3, -0.25) is 10.1 Å². The average Bonchev–Trinajstić information content (AvgIpc) is 2.17. The molecule has 1 aromatic rings. The van der Waals surface area contributed by atoms with E-state index in [0.29, 0.717) is 17.0 Å². The van der Waals surface area contributed by atoms with Crippen LogP contribution in [0.1, 0.15) is 17.3 Å². The largest absolute Gasteiger partial charge is 0.496 e. The van der Waals surface area contributed by atoms with E-state index in [1.54, 1.807) is 24.4 Å². The summed E-state index contributed by atoms with van der Waals surface area (Å²) in [5, 5.41) is 10.9. The normalized spacial score (nSPS) is 8.93. The highest BCUT2D eigenvalue weighted by Crippen LogP contribution is 2.23. The number of ketones is 1. The van der Waals surface area contributed by atoms with Crippen LogP contribution in [0.3, 0.4) is 0 Å². The maximum absolute atomic E-state index is 11.1. The van der Waals surface area contributed by atoms with E-state index in [9.17, 15) is 4.79 Å². The van der Waals surface area contributed by atoms with Gasteiger partial charge in [-0.25, -0.2) is 0 Å². The maximum Gasteiger partial charge on any atom is 0.181 e. The van der Waals surface area contributed by atoms with E-state index in [4.69, 9.17) is 10.00 Å². The molecule has 0 radical (unpaired) electrons. The van der Waals surface area contributed by atoms with E-state index in [0.717, 1.165) is 0 Å². The van der Waals surface area contributed by atoms with Crippen LogP contribution in [0, 0.1) is 11.5 Å². The Kier molecular flexibility index (Phi) is 3.08. The van der Waals surface area contributed by atoms with Crippen molar-refractivity contribution in [3.63, 3.8) is 0 Å². The summed E-state index contributed by atoms with van der Waals surface area (Å²) in [5.74, 6) is 0.406. The summed E-state index contributed by atoms with van der Waals surface area (Å²) < 4.78 is 5.02. The minimum Gasteiger partial charge on any atom is -0.496 e. The van der Waals surface area contributed by atoms with Crippen LogP contribution in [0.4, 0.5) is 5.69 Å². The molecule has 0 heterocycles. The fourth-order valence-electron chi connectivity index (χ4n) is 1.12. The molecule has 4 nitrogen and oxygen atoms in total. The van der Waals surface area contributed by atoms with Gasteiger partial charge in [0, 0.05) is 6.07 Å². The summed E-state index contributed by atoms with van der Waals surface area (Å²) in [5.41, 5.74) is 1.12. The Morgan fingerprint density at radius 1 is 1.57 bits per heavy atom. The molecule has 0 aliphatic heterocycles. The fourth-order valence-corrected chi connectivity index (χ4v) is 1.12. The van der Waals surface area contributed by atoms with Crippen LogP contribution < -0.4 is 10.1 Å². The van der Waals surface area contributed by atoms with Crippen molar-refractivity contribution in [2.75, 3.05) is 12.4 Å². The molecule has 0 bridgehead atoms. The zero-order valence-corrected chi connectivity index (χ0v) is 8.00. The number of nitrogens with one attached hydrogen (secondary N) is 1. The third kappa shape index (κ3) is 2.02. The highest BCUT2D eigenvalue weighted by Gasteiger charge is 2.07. The van der Waals surface area contributed by atoms with Crippen LogP contribution in [0.5, 0.6) is 5.75 Å². The molecular weight excluding hydrogens is 180 g/mol. The van der Waals surface area contributed by atoms with E-state index in [-0.39, 0.29) is 5.78 Å². The van der Waals surface area contributed by atoms with Gasteiger partial charge in [-0.1, -0.05) is 0 Å². The van der Waals surface area contributed by atoms with Gasteiger partial charge < -0.3 is 4.74 Å². The number of anilines is 1. The molecule has 0 aromatic heterocycles. The smallest absolute Gasteiger partial charge is 0.181 e. The first-order chi connectivity index (χ1) is 6.69. The van der Waals surface area contributed by atoms with Gasteiger partial charge in [0.15, 0.2) is 12.0 Å². The molecule has 0 unspecified atom stereocenters. The maximum atomic E-state index is 11.1. The third-order valence-corrected chi connectivity index (χ3v) is 1.78. The third-order valence-electron chi connectivity index (χ3n) is 1.78. The van der Waals surface area contributed by atoms with Crippen molar-refractivity contribution in [1.82, 2.24) is 0 Å². The summed E-state index contributed by atoms with van der Waals surface area (Å²) >= 11 is 0. The number of ether oxygens (including phenoxy) is 1. The highest BCUT2D eigenvalue weighted by molar-refractivity contribution is 5.97. The lowest BCUT2D eigenvalue weighted by molar-refractivity contribution is 0.101. The Bertz CT molecular complexity index is 394. The fraction of sp³-hybridized carbons (Fsp3) is 0.200. The van der Waals surface area contributed by atoms with Gasteiger partial charge in [-0.05, 0) is 19.1 Å². The molecule has 1 aromatic carbocycles. The van der Waals surface area contributed by atoms with E-state index in [1.165, 1.54) is 14.0 Å². The van der Waals surface area contributed by atoms with Crippen molar-refractivity contribution >= 4 is 11.5 Å². The lowest BCUT2D eigenvalue weighted by Gasteiger charge is -2.06. The van der Waals surface area contributed by atoms with Gasteiger partial charge in [0.1, 0.15) is 5.75 Å². The van der Waals surface area contributed by atoms with Gasteiger partial charge in [0.05, 0.1) is 18.4 Å². The number of rotatable bonds is 3. The Morgan fingerprint density at radius 2 is 2.29 bits per heavy atom. The van der Waals surface area contributed by atoms with Gasteiger partial charge in [0.25, 0.3) is 0 Å². The lowest BCUT2D eigenvalue weighted by atomic mass is 10.1. The molecule has 0 atom stereocenters. The molecule has 0 saturated carbocycles. The van der Waals surface area contributed by atoms with Gasteiger partial charge in [0.2, 0.25) is 0 Å². The second kappa shape index (κ2) is 4.28. The monoisotopic (exact) mass is 190 g/mol. The zero-order chi connectivity index (χ0) is 10.6. The number of carbonyl (C=O) groups is 1. The summed E-state index contributed by atoms with van der Waals surface area (Å²) in [7, 11) is 1.48. The van der Waals surface area contributed by atoms with Crippen molar-refractivity contribution in [3.8, 4) is 11.9 Å². The van der Waals surface area contributed by atoms with Crippen molar-refractivity contribution in [2.45, 2.75) is 6.92 Å². The molecule has 0 amide bonds. The van der Waals surface area contributed by atoms with Crippen LogP contribution in [0.2, 0.25) is 0 Å². The summed E-state index contributed by atoms with van der Waals surface area (Å²) in [6.07, 6.45) is 1.79. The number of Topliss-reactive ketones (excluding diaryl/α,β-unsaturated/α-hetero) is 1. The van der Waals surface area contributed by atoms with Crippen molar-refractivity contribution in [2.24, 2.45) is 0 Å². The predicted octanol–water partition coefficient (Wildman–Crippen LogP) is 1.79. The summed E-state index contributed by atoms with van der Waals surface area (Å²) in [6, 6.07) is 4.89. The SMILES string of the molecule is COc1cc(NC#N)ccc1C(C)=O. The number of carbonyl (C=O) groups excluding carboxylic acids is 1. The van der Waals surface area contributed by atoms with Crippen molar-refractivity contribution < 1.29 is 9.53 Å². The predicted molar refractivity (Wildman–Crippen MR) is 52.2 cm³/mol. The summed E-state index contributed by atoms with van der Waals surface area (Å²) in [4.78, 5) is 11.1. The quantitative estimate of drug-likeness (QED) is 0.448. The standard InChI is InChI=1S/C10H10N2O2/c1-7(13)9-4-3-8(12-6-11)5-10(9)14-2/h3-5,12H,1-2H3. The molecule has 0 fully saturated rings. The number of nitrogens with zero attached hydrogens (tertiary/aromatic N) is 1. The minimum atomic E-state index is -0.0645. The van der Waals surface area contributed by atoms with E-state index >= 15 is 0 Å². The van der Waals surface area contributed by atoms with Gasteiger partial charge in [-0.15, -0.1) is 0 Å². The van der Waals surface area contributed by atoms with Crippen LogP contribution in [-0.4, -0.2) is 12.9 Å². The molecule has 1 rings (SSSR count). The van der Waals surface area contributed by atoms with Crippen LogP contribution in [-0.2, 0) is 0 Å². The van der Waals surface area contributed by atoms with E-state index in [1.807, 2.05) is 0 Å². The molecule has 1 N–H and O–H groups in total. The Morgan fingerprint density at radius 3 is 2.79 bits per heavy atom. The second-order valence-electron chi connectivity index (χ2n) is 2.71. The van der Waals surface area contributed by atoms with E-state index < -0.39 is 0 Å². The molecule has 4 heteroatoms. The van der Waals surface area contributed by atoms with Gasteiger partial charge >= 0.3 is 0 Å². The van der Waals surface area contributed by atoms with Crippen LogP contribution in [0.25, 0.3) is 0 Å². The molecular formula is C10H10N2O2. The van der Waals surface area contributed by atoms with Crippen molar-refractivity contribution in [1.29, 1.82) is 5.26 Å². The van der Waals surface area contributed by atoms with Crippen molar-refractivity contribution in [3.05, 3.63) is 23.8 Å². The number of nitriles is 1. The first-order valence-electron chi connectivity index (χ1n) is 4.03. The van der Waals surface area contributed by atoms with Crippen LogP contribution in [0.15, 0.2) is 18.2 Å². The Balaban J connectivity index is 3.12. The molecule has 0 saturated heterocycles. The van der Waals surface area contributed by atoms with Gasteiger partial charge in [-0.2, -0.15) is 5.26 Å². The van der Waals surface area contributed by atoms with E-state index in [2.05, 4.69) is 5.32 Å². The topological polar surface area (TPSA) is 62.1 Å². The first kappa shape index (κ1) is 10.1. The number of hydrogen-bond acceptors (Lipinski definition) is 4. The molecule has 72 valence electrons. The minimum absolute atomic E-state index is 0.0645.